The number of benzene rings is 1. The van der Waals surface area contributed by atoms with E-state index in [0.717, 1.165) is 5.56 Å². The number of rotatable bonds is 4. The predicted octanol–water partition coefficient (Wildman–Crippen LogP) is 2.77. The first kappa shape index (κ1) is 14.0. The maximum Gasteiger partial charge on any atom is 0.242 e. The minimum Gasteiger partial charge on any atom is -0.265 e. The van der Waals surface area contributed by atoms with E-state index in [1.165, 1.54) is 6.07 Å². The van der Waals surface area contributed by atoms with E-state index in [1.807, 2.05) is 0 Å². The van der Waals surface area contributed by atoms with E-state index in [9.17, 15) is 8.42 Å². The van der Waals surface area contributed by atoms with Gasteiger partial charge in [-0.25, -0.2) is 13.1 Å². The fourth-order valence-electron chi connectivity index (χ4n) is 1.68. The van der Waals surface area contributed by atoms with Crippen LogP contribution >= 0.6 is 11.6 Å². The zero-order chi connectivity index (χ0) is 13.9. The highest BCUT2D eigenvalue weighted by Gasteiger charge is 2.20. The first-order chi connectivity index (χ1) is 9.00. The minimum atomic E-state index is -3.64. The lowest BCUT2D eigenvalue weighted by Gasteiger charge is -2.15. The summed E-state index contributed by atoms with van der Waals surface area (Å²) in [6.07, 6.45) is 3.24. The second-order valence-electron chi connectivity index (χ2n) is 4.05. The molecule has 1 atom stereocenters. The van der Waals surface area contributed by atoms with Gasteiger partial charge >= 0.3 is 0 Å². The molecule has 0 saturated carbocycles. The largest absolute Gasteiger partial charge is 0.265 e. The Bertz CT molecular complexity index is 659. The van der Waals surface area contributed by atoms with Crippen LogP contribution in [0.2, 0.25) is 5.02 Å². The van der Waals surface area contributed by atoms with Crippen molar-refractivity contribution in [3.05, 3.63) is 59.4 Å². The fraction of sp³-hybridized carbons (Fsp3) is 0.154. The van der Waals surface area contributed by atoms with E-state index in [-0.39, 0.29) is 16.0 Å². The minimum absolute atomic E-state index is 0.0811. The van der Waals surface area contributed by atoms with Crippen LogP contribution in [0.5, 0.6) is 0 Å². The lowest BCUT2D eigenvalue weighted by Crippen LogP contribution is -2.27. The Labute approximate surface area is 117 Å². The number of sulfonamides is 1. The molecule has 0 aliphatic heterocycles. The molecule has 0 aliphatic carbocycles. The number of nitrogens with zero attached hydrogens (tertiary/aromatic N) is 1. The zero-order valence-corrected chi connectivity index (χ0v) is 11.8. The van der Waals surface area contributed by atoms with Gasteiger partial charge in [0.25, 0.3) is 0 Å². The van der Waals surface area contributed by atoms with E-state index < -0.39 is 10.0 Å². The average molecular weight is 297 g/mol. The summed E-state index contributed by atoms with van der Waals surface area (Å²) in [6, 6.07) is 9.52. The number of halogens is 1. The van der Waals surface area contributed by atoms with Crippen molar-refractivity contribution in [2.75, 3.05) is 0 Å². The fourth-order valence-corrected chi connectivity index (χ4v) is 3.43. The Morgan fingerprint density at radius 1 is 1.16 bits per heavy atom. The highest BCUT2D eigenvalue weighted by molar-refractivity contribution is 7.89. The first-order valence-electron chi connectivity index (χ1n) is 5.67. The number of nitrogens with one attached hydrogen (secondary N) is 1. The summed E-state index contributed by atoms with van der Waals surface area (Å²) in [5.74, 6) is 0. The summed E-state index contributed by atoms with van der Waals surface area (Å²) in [5.41, 5.74) is 0.839. The molecule has 1 N–H and O–H groups in total. The van der Waals surface area contributed by atoms with Crippen molar-refractivity contribution in [3.8, 4) is 0 Å². The van der Waals surface area contributed by atoms with Gasteiger partial charge in [-0.3, -0.25) is 4.98 Å². The Morgan fingerprint density at radius 2 is 1.79 bits per heavy atom. The van der Waals surface area contributed by atoms with Crippen LogP contribution in [0.1, 0.15) is 18.5 Å². The van der Waals surface area contributed by atoms with Gasteiger partial charge in [0.1, 0.15) is 4.90 Å². The molecule has 6 heteroatoms. The normalized spacial score (nSPS) is 13.2. The second kappa shape index (κ2) is 5.69. The van der Waals surface area contributed by atoms with E-state index >= 15 is 0 Å². The molecule has 1 heterocycles. The molecule has 2 aromatic rings. The summed E-state index contributed by atoms with van der Waals surface area (Å²) in [4.78, 5) is 3.98. The molecule has 4 nitrogen and oxygen atoms in total. The Kier molecular flexibility index (Phi) is 4.19. The third-order valence-corrected chi connectivity index (χ3v) is 4.70. The van der Waals surface area contributed by atoms with Crippen molar-refractivity contribution < 1.29 is 8.42 Å². The van der Waals surface area contributed by atoms with Crippen LogP contribution in [0.3, 0.4) is 0 Å². The van der Waals surface area contributed by atoms with Crippen molar-refractivity contribution in [2.24, 2.45) is 0 Å². The van der Waals surface area contributed by atoms with Crippen molar-refractivity contribution in [1.82, 2.24) is 9.71 Å². The second-order valence-corrected chi connectivity index (χ2v) is 6.14. The molecule has 1 aromatic carbocycles. The standard InChI is InChI=1S/C13H13ClN2O2S/c1-10(11-6-8-15-9-7-11)16-19(17,18)13-5-3-2-4-12(13)14/h2-10,16H,1H3. The van der Waals surface area contributed by atoms with Gasteiger partial charge < -0.3 is 0 Å². The molecule has 0 spiro atoms. The van der Waals surface area contributed by atoms with E-state index in [0.29, 0.717) is 0 Å². The highest BCUT2D eigenvalue weighted by Crippen LogP contribution is 2.22. The molecule has 100 valence electrons. The summed E-state index contributed by atoms with van der Waals surface area (Å²) in [5, 5.41) is 0.205. The van der Waals surface area contributed by atoms with Crippen LogP contribution in [0.15, 0.2) is 53.7 Å². The molecule has 0 aliphatic rings. The molecular formula is C13H13ClN2O2S. The van der Waals surface area contributed by atoms with E-state index in [4.69, 9.17) is 11.6 Å². The van der Waals surface area contributed by atoms with Gasteiger partial charge in [-0.1, -0.05) is 23.7 Å². The first-order valence-corrected chi connectivity index (χ1v) is 7.53. The van der Waals surface area contributed by atoms with Crippen molar-refractivity contribution in [3.63, 3.8) is 0 Å². The lowest BCUT2D eigenvalue weighted by atomic mass is 10.1. The molecule has 0 radical (unpaired) electrons. The van der Waals surface area contributed by atoms with Gasteiger partial charge in [0.2, 0.25) is 10.0 Å². The Hall–Kier alpha value is -1.43. The molecule has 0 fully saturated rings. The molecule has 0 amide bonds. The van der Waals surface area contributed by atoms with Crippen LogP contribution in [-0.2, 0) is 10.0 Å². The molecule has 1 aromatic heterocycles. The smallest absolute Gasteiger partial charge is 0.242 e. The van der Waals surface area contributed by atoms with Crippen LogP contribution in [-0.4, -0.2) is 13.4 Å². The van der Waals surface area contributed by atoms with Crippen molar-refractivity contribution in [2.45, 2.75) is 17.9 Å². The van der Waals surface area contributed by atoms with Crippen LogP contribution in [0.25, 0.3) is 0 Å². The van der Waals surface area contributed by atoms with Gasteiger partial charge in [-0.15, -0.1) is 0 Å². The molecule has 2 rings (SSSR count). The van der Waals surface area contributed by atoms with E-state index in [2.05, 4.69) is 9.71 Å². The molecule has 0 saturated heterocycles. The topological polar surface area (TPSA) is 59.1 Å². The number of pyridine rings is 1. The summed E-state index contributed by atoms with van der Waals surface area (Å²) in [7, 11) is -3.64. The maximum atomic E-state index is 12.2. The molecule has 0 bridgehead atoms. The van der Waals surface area contributed by atoms with Crippen LogP contribution in [0, 0.1) is 0 Å². The number of aromatic nitrogens is 1. The van der Waals surface area contributed by atoms with Gasteiger partial charge in [0.15, 0.2) is 0 Å². The lowest BCUT2D eigenvalue weighted by molar-refractivity contribution is 0.567. The SMILES string of the molecule is CC(NS(=O)(=O)c1ccccc1Cl)c1ccncc1. The summed E-state index contributed by atoms with van der Waals surface area (Å²) < 4.78 is 27.0. The van der Waals surface area contributed by atoms with Gasteiger partial charge in [0.05, 0.1) is 5.02 Å². The van der Waals surface area contributed by atoms with Gasteiger partial charge in [0, 0.05) is 18.4 Å². The molecule has 1 unspecified atom stereocenters. The average Bonchev–Trinajstić information content (AvgIpc) is 2.39. The summed E-state index contributed by atoms with van der Waals surface area (Å²) in [6.45, 7) is 1.77. The Morgan fingerprint density at radius 3 is 2.42 bits per heavy atom. The van der Waals surface area contributed by atoms with Crippen LogP contribution in [0.4, 0.5) is 0 Å². The van der Waals surface area contributed by atoms with Gasteiger partial charge in [-0.2, -0.15) is 0 Å². The number of hydrogen-bond donors (Lipinski definition) is 1. The number of hydrogen-bond acceptors (Lipinski definition) is 3. The predicted molar refractivity (Wildman–Crippen MR) is 74.4 cm³/mol. The quantitative estimate of drug-likeness (QED) is 0.944. The molecular weight excluding hydrogens is 284 g/mol. The third-order valence-electron chi connectivity index (χ3n) is 2.66. The van der Waals surface area contributed by atoms with Gasteiger partial charge in [-0.05, 0) is 36.8 Å². The Balaban J connectivity index is 2.26. The zero-order valence-electron chi connectivity index (χ0n) is 10.2. The monoisotopic (exact) mass is 296 g/mol. The maximum absolute atomic E-state index is 12.2. The van der Waals surface area contributed by atoms with Crippen molar-refractivity contribution in [1.29, 1.82) is 0 Å². The van der Waals surface area contributed by atoms with Crippen LogP contribution < -0.4 is 4.72 Å². The highest BCUT2D eigenvalue weighted by atomic mass is 35.5. The van der Waals surface area contributed by atoms with Crippen molar-refractivity contribution >= 4 is 21.6 Å². The third kappa shape index (κ3) is 3.32. The molecule has 19 heavy (non-hydrogen) atoms. The van der Waals surface area contributed by atoms with E-state index in [1.54, 1.807) is 49.6 Å². The summed E-state index contributed by atoms with van der Waals surface area (Å²) >= 11 is 5.91.